The van der Waals surface area contributed by atoms with Crippen LogP contribution in [-0.2, 0) is 6.54 Å². The van der Waals surface area contributed by atoms with Gasteiger partial charge in [0.15, 0.2) is 0 Å². The number of carbonyl (C=O) groups is 1. The summed E-state index contributed by atoms with van der Waals surface area (Å²) in [5.41, 5.74) is 7.49. The van der Waals surface area contributed by atoms with Gasteiger partial charge in [-0.2, -0.15) is 5.26 Å². The van der Waals surface area contributed by atoms with Gasteiger partial charge in [0.05, 0.1) is 16.9 Å². The van der Waals surface area contributed by atoms with Crippen LogP contribution in [0, 0.1) is 11.3 Å². The SMILES string of the molecule is N#Cc1ccccc1NC(=O)c1ccnc(CN)c1. The molecule has 0 unspecified atom stereocenters. The van der Waals surface area contributed by atoms with Crippen molar-refractivity contribution in [2.45, 2.75) is 6.54 Å². The molecule has 0 saturated heterocycles. The largest absolute Gasteiger partial charge is 0.325 e. The van der Waals surface area contributed by atoms with Gasteiger partial charge in [0.1, 0.15) is 6.07 Å². The third-order valence-corrected chi connectivity index (χ3v) is 2.58. The van der Waals surface area contributed by atoms with Gasteiger partial charge in [-0.3, -0.25) is 9.78 Å². The molecule has 2 aromatic rings. The van der Waals surface area contributed by atoms with Crippen LogP contribution in [0.5, 0.6) is 0 Å². The first kappa shape index (κ1) is 12.7. The number of carbonyl (C=O) groups excluding carboxylic acids is 1. The smallest absolute Gasteiger partial charge is 0.255 e. The molecule has 5 heteroatoms. The molecule has 94 valence electrons. The molecule has 5 nitrogen and oxygen atoms in total. The van der Waals surface area contributed by atoms with Crippen LogP contribution < -0.4 is 11.1 Å². The number of benzene rings is 1. The highest BCUT2D eigenvalue weighted by atomic mass is 16.1. The van der Waals surface area contributed by atoms with Gasteiger partial charge in [-0.25, -0.2) is 0 Å². The molecule has 1 heterocycles. The van der Waals surface area contributed by atoms with Crippen molar-refractivity contribution in [3.05, 3.63) is 59.4 Å². The highest BCUT2D eigenvalue weighted by Gasteiger charge is 2.09. The van der Waals surface area contributed by atoms with Crippen molar-refractivity contribution in [2.75, 3.05) is 5.32 Å². The molecule has 1 aromatic carbocycles. The molecule has 0 radical (unpaired) electrons. The molecular weight excluding hydrogens is 240 g/mol. The highest BCUT2D eigenvalue weighted by Crippen LogP contribution is 2.15. The summed E-state index contributed by atoms with van der Waals surface area (Å²) in [5.74, 6) is -0.292. The van der Waals surface area contributed by atoms with Crippen molar-refractivity contribution in [3.63, 3.8) is 0 Å². The van der Waals surface area contributed by atoms with Crippen molar-refractivity contribution < 1.29 is 4.79 Å². The zero-order valence-corrected chi connectivity index (χ0v) is 10.1. The lowest BCUT2D eigenvalue weighted by atomic mass is 10.1. The quantitative estimate of drug-likeness (QED) is 0.869. The lowest BCUT2D eigenvalue weighted by Crippen LogP contribution is -2.14. The molecule has 0 aliphatic heterocycles. The summed E-state index contributed by atoms with van der Waals surface area (Å²) in [5, 5.41) is 11.7. The van der Waals surface area contributed by atoms with Crippen LogP contribution in [0.1, 0.15) is 21.6 Å². The van der Waals surface area contributed by atoms with E-state index in [1.54, 1.807) is 36.4 Å². The first-order valence-electron chi connectivity index (χ1n) is 5.70. The van der Waals surface area contributed by atoms with E-state index in [1.807, 2.05) is 6.07 Å². The van der Waals surface area contributed by atoms with Crippen LogP contribution in [0.25, 0.3) is 0 Å². The maximum absolute atomic E-state index is 12.1. The molecule has 3 N–H and O–H groups in total. The number of nitrogens with one attached hydrogen (secondary N) is 1. The van der Waals surface area contributed by atoms with Crippen molar-refractivity contribution in [2.24, 2.45) is 5.73 Å². The minimum absolute atomic E-state index is 0.274. The second-order valence-corrected chi connectivity index (χ2v) is 3.85. The normalized spacial score (nSPS) is 9.68. The van der Waals surface area contributed by atoms with Crippen LogP contribution in [0.3, 0.4) is 0 Å². The third-order valence-electron chi connectivity index (χ3n) is 2.58. The zero-order valence-electron chi connectivity index (χ0n) is 10.1. The van der Waals surface area contributed by atoms with E-state index in [4.69, 9.17) is 11.0 Å². The number of nitrogens with two attached hydrogens (primary N) is 1. The summed E-state index contributed by atoms with van der Waals surface area (Å²) >= 11 is 0. The molecule has 2 rings (SSSR count). The molecule has 0 atom stereocenters. The number of pyridine rings is 1. The van der Waals surface area contributed by atoms with Crippen molar-refractivity contribution in [1.82, 2.24) is 4.98 Å². The van der Waals surface area contributed by atoms with Crippen LogP contribution in [-0.4, -0.2) is 10.9 Å². The van der Waals surface area contributed by atoms with Crippen LogP contribution >= 0.6 is 0 Å². The Morgan fingerprint density at radius 2 is 2.16 bits per heavy atom. The Morgan fingerprint density at radius 1 is 1.37 bits per heavy atom. The van der Waals surface area contributed by atoms with Crippen molar-refractivity contribution in [3.8, 4) is 6.07 Å². The van der Waals surface area contributed by atoms with Crippen LogP contribution in [0.4, 0.5) is 5.69 Å². The number of anilines is 1. The fourth-order valence-electron chi connectivity index (χ4n) is 1.62. The maximum atomic E-state index is 12.1. The molecule has 0 aliphatic carbocycles. The lowest BCUT2D eigenvalue weighted by molar-refractivity contribution is 0.102. The Bertz CT molecular complexity index is 646. The van der Waals surface area contributed by atoms with E-state index in [0.717, 1.165) is 0 Å². The van der Waals surface area contributed by atoms with Gasteiger partial charge >= 0.3 is 0 Å². The maximum Gasteiger partial charge on any atom is 0.255 e. The van der Waals surface area contributed by atoms with E-state index in [9.17, 15) is 4.79 Å². The number of para-hydroxylation sites is 1. The summed E-state index contributed by atoms with van der Waals surface area (Å²) in [7, 11) is 0. The number of nitrogens with zero attached hydrogens (tertiary/aromatic N) is 2. The van der Waals surface area contributed by atoms with Gasteiger partial charge in [0, 0.05) is 18.3 Å². The van der Waals surface area contributed by atoms with E-state index >= 15 is 0 Å². The Morgan fingerprint density at radius 3 is 2.89 bits per heavy atom. The summed E-state index contributed by atoms with van der Waals surface area (Å²) in [6, 6.07) is 12.1. The van der Waals surface area contributed by atoms with E-state index in [0.29, 0.717) is 22.5 Å². The van der Waals surface area contributed by atoms with Gasteiger partial charge in [-0.1, -0.05) is 12.1 Å². The summed E-state index contributed by atoms with van der Waals surface area (Å²) in [6.07, 6.45) is 1.54. The number of hydrogen-bond donors (Lipinski definition) is 2. The Hall–Kier alpha value is -2.71. The molecule has 0 fully saturated rings. The molecule has 0 spiro atoms. The van der Waals surface area contributed by atoms with E-state index in [1.165, 1.54) is 6.20 Å². The minimum atomic E-state index is -0.292. The van der Waals surface area contributed by atoms with E-state index in [-0.39, 0.29) is 12.5 Å². The standard InChI is InChI=1S/C14H12N4O/c15-8-11-3-1-2-4-13(11)18-14(19)10-5-6-17-12(7-10)9-16/h1-7H,9,16H2,(H,18,19). The Labute approximate surface area is 110 Å². The first-order chi connectivity index (χ1) is 9.24. The fraction of sp³-hybridized carbons (Fsp3) is 0.0714. The lowest BCUT2D eigenvalue weighted by Gasteiger charge is -2.07. The molecule has 1 amide bonds. The van der Waals surface area contributed by atoms with Crippen LogP contribution in [0.15, 0.2) is 42.6 Å². The zero-order chi connectivity index (χ0) is 13.7. The van der Waals surface area contributed by atoms with E-state index in [2.05, 4.69) is 10.3 Å². The van der Waals surface area contributed by atoms with Gasteiger partial charge < -0.3 is 11.1 Å². The number of rotatable bonds is 3. The molecule has 19 heavy (non-hydrogen) atoms. The second kappa shape index (κ2) is 5.76. The topological polar surface area (TPSA) is 91.8 Å². The van der Waals surface area contributed by atoms with Crippen molar-refractivity contribution in [1.29, 1.82) is 5.26 Å². The predicted molar refractivity (Wildman–Crippen MR) is 71.2 cm³/mol. The molecule has 0 saturated carbocycles. The average molecular weight is 252 g/mol. The number of aromatic nitrogens is 1. The Balaban J connectivity index is 2.23. The summed E-state index contributed by atoms with van der Waals surface area (Å²) < 4.78 is 0. The molecular formula is C14H12N4O. The second-order valence-electron chi connectivity index (χ2n) is 3.85. The highest BCUT2D eigenvalue weighted by molar-refractivity contribution is 6.04. The third kappa shape index (κ3) is 2.94. The summed E-state index contributed by atoms with van der Waals surface area (Å²) in [6.45, 7) is 0.274. The van der Waals surface area contributed by atoms with E-state index < -0.39 is 0 Å². The number of nitriles is 1. The monoisotopic (exact) mass is 252 g/mol. The molecule has 1 aromatic heterocycles. The van der Waals surface area contributed by atoms with Crippen LogP contribution in [0.2, 0.25) is 0 Å². The minimum Gasteiger partial charge on any atom is -0.325 e. The Kier molecular flexibility index (Phi) is 3.86. The number of amides is 1. The number of hydrogen-bond acceptors (Lipinski definition) is 4. The van der Waals surface area contributed by atoms with Gasteiger partial charge in [-0.05, 0) is 24.3 Å². The molecule has 0 bridgehead atoms. The van der Waals surface area contributed by atoms with Crippen molar-refractivity contribution >= 4 is 11.6 Å². The molecule has 0 aliphatic rings. The average Bonchev–Trinajstić information content (AvgIpc) is 2.47. The van der Waals surface area contributed by atoms with Gasteiger partial charge in [0.25, 0.3) is 5.91 Å². The fourth-order valence-corrected chi connectivity index (χ4v) is 1.62. The van der Waals surface area contributed by atoms with Gasteiger partial charge in [-0.15, -0.1) is 0 Å². The first-order valence-corrected chi connectivity index (χ1v) is 5.70. The summed E-state index contributed by atoms with van der Waals surface area (Å²) in [4.78, 5) is 16.1. The predicted octanol–water partition coefficient (Wildman–Crippen LogP) is 1.66. The van der Waals surface area contributed by atoms with Gasteiger partial charge in [0.2, 0.25) is 0 Å².